The predicted octanol–water partition coefficient (Wildman–Crippen LogP) is 1.33. The van der Waals surface area contributed by atoms with Gasteiger partial charge < -0.3 is 10.6 Å². The van der Waals surface area contributed by atoms with Crippen LogP contribution in [0.15, 0.2) is 24.5 Å². The van der Waals surface area contributed by atoms with Crippen molar-refractivity contribution in [3.05, 3.63) is 30.1 Å². The molecule has 0 unspecified atom stereocenters. The molecule has 2 N–H and O–H groups in total. The summed E-state index contributed by atoms with van der Waals surface area (Å²) < 4.78 is 0. The molecule has 1 aliphatic heterocycles. The molecule has 1 aliphatic rings. The van der Waals surface area contributed by atoms with Crippen LogP contribution in [0.3, 0.4) is 0 Å². The number of hydrogen-bond acceptors (Lipinski definition) is 4. The summed E-state index contributed by atoms with van der Waals surface area (Å²) in [6, 6.07) is 4.22. The van der Waals surface area contributed by atoms with Crippen molar-refractivity contribution in [2.24, 2.45) is 5.73 Å². The summed E-state index contributed by atoms with van der Waals surface area (Å²) >= 11 is 0. The van der Waals surface area contributed by atoms with Crippen LogP contribution in [0.1, 0.15) is 24.8 Å². The van der Waals surface area contributed by atoms with E-state index >= 15 is 0 Å². The topological polar surface area (TPSA) is 45.4 Å². The molecule has 1 saturated heterocycles. The Morgan fingerprint density at radius 3 is 2.32 bits per heavy atom. The van der Waals surface area contributed by atoms with Crippen molar-refractivity contribution in [1.29, 1.82) is 0 Å². The lowest BCUT2D eigenvalue weighted by Crippen LogP contribution is -2.46. The summed E-state index contributed by atoms with van der Waals surface area (Å²) in [5.41, 5.74) is 6.88. The van der Waals surface area contributed by atoms with Gasteiger partial charge in [-0.15, -0.1) is 0 Å². The Morgan fingerprint density at radius 2 is 1.63 bits per heavy atom. The molecule has 0 radical (unpaired) electrons. The van der Waals surface area contributed by atoms with Gasteiger partial charge in [-0.25, -0.2) is 0 Å². The van der Waals surface area contributed by atoms with E-state index in [1.165, 1.54) is 57.5 Å². The Morgan fingerprint density at radius 1 is 0.947 bits per heavy atom. The highest BCUT2D eigenvalue weighted by Gasteiger charge is 2.16. The number of nitrogens with zero attached hydrogens (tertiary/aromatic N) is 3. The van der Waals surface area contributed by atoms with Crippen molar-refractivity contribution in [2.45, 2.75) is 25.8 Å². The molecule has 0 aliphatic carbocycles. The van der Waals surface area contributed by atoms with Gasteiger partial charge in [0.2, 0.25) is 0 Å². The quantitative estimate of drug-likeness (QED) is 0.753. The third-order valence-corrected chi connectivity index (χ3v) is 3.80. The number of aromatic nitrogens is 1. The van der Waals surface area contributed by atoms with E-state index in [4.69, 9.17) is 5.73 Å². The van der Waals surface area contributed by atoms with Crippen molar-refractivity contribution in [2.75, 3.05) is 39.3 Å². The van der Waals surface area contributed by atoms with E-state index in [1.807, 2.05) is 12.4 Å². The van der Waals surface area contributed by atoms with Crippen LogP contribution in [0.25, 0.3) is 0 Å². The Bertz CT molecular complexity index is 333. The molecule has 1 aromatic heterocycles. The third kappa shape index (κ3) is 5.27. The minimum atomic E-state index is 0.833. The zero-order chi connectivity index (χ0) is 13.3. The Balaban J connectivity index is 1.62. The van der Waals surface area contributed by atoms with Gasteiger partial charge in [-0.2, -0.15) is 0 Å². The highest BCUT2D eigenvalue weighted by Crippen LogP contribution is 2.08. The smallest absolute Gasteiger partial charge is 0.0271 e. The number of rotatable bonds is 7. The second-order valence-corrected chi connectivity index (χ2v) is 5.32. The van der Waals surface area contributed by atoms with E-state index in [2.05, 4.69) is 26.9 Å². The van der Waals surface area contributed by atoms with Gasteiger partial charge >= 0.3 is 0 Å². The summed E-state index contributed by atoms with van der Waals surface area (Å²) in [5, 5.41) is 0. The molecular weight excluding hydrogens is 236 g/mol. The molecule has 0 bridgehead atoms. The van der Waals surface area contributed by atoms with E-state index in [0.29, 0.717) is 0 Å². The second-order valence-electron chi connectivity index (χ2n) is 5.32. The molecule has 0 atom stereocenters. The van der Waals surface area contributed by atoms with Crippen LogP contribution in [-0.2, 0) is 6.54 Å². The number of pyridine rings is 1. The fourth-order valence-corrected chi connectivity index (χ4v) is 2.57. The SMILES string of the molecule is NCCCCCN1CCN(Cc2ccncc2)CC1. The molecule has 106 valence electrons. The molecule has 4 heteroatoms. The highest BCUT2D eigenvalue weighted by molar-refractivity contribution is 5.09. The molecule has 19 heavy (non-hydrogen) atoms. The fraction of sp³-hybridized carbons (Fsp3) is 0.667. The van der Waals surface area contributed by atoms with E-state index in [1.54, 1.807) is 0 Å². The summed E-state index contributed by atoms with van der Waals surface area (Å²) in [7, 11) is 0. The summed E-state index contributed by atoms with van der Waals surface area (Å²) in [6.07, 6.45) is 7.49. The lowest BCUT2D eigenvalue weighted by molar-refractivity contribution is 0.125. The molecular formula is C15H26N4. The molecule has 1 fully saturated rings. The highest BCUT2D eigenvalue weighted by atomic mass is 15.3. The van der Waals surface area contributed by atoms with Gasteiger partial charge in [-0.1, -0.05) is 6.42 Å². The standard InChI is InChI=1S/C15H26N4/c16-6-2-1-3-9-18-10-12-19(13-11-18)14-15-4-7-17-8-5-15/h4-5,7-8H,1-3,6,9-14,16H2. The van der Waals surface area contributed by atoms with Crippen molar-refractivity contribution in [1.82, 2.24) is 14.8 Å². The largest absolute Gasteiger partial charge is 0.330 e. The van der Waals surface area contributed by atoms with Crippen molar-refractivity contribution in [3.63, 3.8) is 0 Å². The van der Waals surface area contributed by atoms with Crippen molar-refractivity contribution in [3.8, 4) is 0 Å². The molecule has 1 aromatic rings. The number of nitrogens with two attached hydrogens (primary N) is 1. The minimum absolute atomic E-state index is 0.833. The van der Waals surface area contributed by atoms with Crippen LogP contribution in [0.5, 0.6) is 0 Å². The first-order valence-electron chi connectivity index (χ1n) is 7.42. The average Bonchev–Trinajstić information content (AvgIpc) is 2.46. The van der Waals surface area contributed by atoms with E-state index in [0.717, 1.165) is 13.1 Å². The van der Waals surface area contributed by atoms with Crippen LogP contribution in [0, 0.1) is 0 Å². The van der Waals surface area contributed by atoms with E-state index in [9.17, 15) is 0 Å². The molecule has 0 amide bonds. The van der Waals surface area contributed by atoms with E-state index in [-0.39, 0.29) is 0 Å². The number of unbranched alkanes of at least 4 members (excludes halogenated alkanes) is 2. The number of piperazine rings is 1. The first-order chi connectivity index (χ1) is 9.38. The van der Waals surface area contributed by atoms with E-state index < -0.39 is 0 Å². The van der Waals surface area contributed by atoms with Gasteiger partial charge in [0.25, 0.3) is 0 Å². The average molecular weight is 262 g/mol. The fourth-order valence-electron chi connectivity index (χ4n) is 2.57. The first-order valence-corrected chi connectivity index (χ1v) is 7.42. The maximum atomic E-state index is 5.51. The normalized spacial score (nSPS) is 17.7. The van der Waals surface area contributed by atoms with Crippen LogP contribution in [0.2, 0.25) is 0 Å². The maximum absolute atomic E-state index is 5.51. The molecule has 2 heterocycles. The van der Waals surface area contributed by atoms with Crippen LogP contribution >= 0.6 is 0 Å². The molecule has 2 rings (SSSR count). The molecule has 4 nitrogen and oxygen atoms in total. The van der Waals surface area contributed by atoms with Crippen molar-refractivity contribution >= 4 is 0 Å². The molecule has 0 spiro atoms. The molecule has 0 aromatic carbocycles. The Labute approximate surface area is 116 Å². The monoisotopic (exact) mass is 262 g/mol. The van der Waals surface area contributed by atoms with Crippen LogP contribution in [-0.4, -0.2) is 54.1 Å². The van der Waals surface area contributed by atoms with Gasteiger partial charge in [0.1, 0.15) is 0 Å². The first kappa shape index (κ1) is 14.4. The minimum Gasteiger partial charge on any atom is -0.330 e. The van der Waals surface area contributed by atoms with Crippen molar-refractivity contribution < 1.29 is 0 Å². The predicted molar refractivity (Wildman–Crippen MR) is 78.9 cm³/mol. The van der Waals surface area contributed by atoms with Crippen LogP contribution in [0.4, 0.5) is 0 Å². The van der Waals surface area contributed by atoms with Gasteiger partial charge in [0.05, 0.1) is 0 Å². The lowest BCUT2D eigenvalue weighted by atomic mass is 10.2. The zero-order valence-corrected chi connectivity index (χ0v) is 11.8. The molecule has 0 saturated carbocycles. The Hall–Kier alpha value is -0.970. The van der Waals surface area contributed by atoms with Crippen LogP contribution < -0.4 is 5.73 Å². The Kier molecular flexibility index (Phi) is 6.27. The zero-order valence-electron chi connectivity index (χ0n) is 11.8. The second kappa shape index (κ2) is 8.25. The summed E-state index contributed by atoms with van der Waals surface area (Å²) in [4.78, 5) is 9.18. The van der Waals surface area contributed by atoms with Gasteiger partial charge in [-0.05, 0) is 43.6 Å². The van der Waals surface area contributed by atoms with Gasteiger partial charge in [0.15, 0.2) is 0 Å². The van der Waals surface area contributed by atoms with Gasteiger partial charge in [-0.3, -0.25) is 9.88 Å². The summed E-state index contributed by atoms with van der Waals surface area (Å²) in [5.74, 6) is 0. The lowest BCUT2D eigenvalue weighted by Gasteiger charge is -2.34. The summed E-state index contributed by atoms with van der Waals surface area (Å²) in [6.45, 7) is 7.90. The number of hydrogen-bond donors (Lipinski definition) is 1. The van der Waals surface area contributed by atoms with Gasteiger partial charge in [0, 0.05) is 45.1 Å². The third-order valence-electron chi connectivity index (χ3n) is 3.80. The maximum Gasteiger partial charge on any atom is 0.0271 e.